The number of oxazole rings is 1. The van der Waals surface area contributed by atoms with E-state index in [0.29, 0.717) is 36.4 Å². The molecule has 11 heteroatoms. The summed E-state index contributed by atoms with van der Waals surface area (Å²) < 4.78 is 27.1. The third-order valence-corrected chi connectivity index (χ3v) is 6.95. The van der Waals surface area contributed by atoms with E-state index >= 15 is 0 Å². The summed E-state index contributed by atoms with van der Waals surface area (Å²) in [6, 6.07) is 5.92. The van der Waals surface area contributed by atoms with Crippen LogP contribution in [0.15, 0.2) is 51.8 Å². The average molecular weight is 506 g/mol. The molecule has 3 unspecified atom stereocenters. The maximum Gasteiger partial charge on any atom is 0.292 e. The van der Waals surface area contributed by atoms with Crippen molar-refractivity contribution in [2.45, 2.75) is 38.8 Å². The number of carbonyl (C=O) groups is 1. The summed E-state index contributed by atoms with van der Waals surface area (Å²) in [5, 5.41) is 4.99. The number of amides is 1. The van der Waals surface area contributed by atoms with Gasteiger partial charge in [0.2, 0.25) is 17.7 Å². The second kappa shape index (κ2) is 8.71. The Kier molecular flexibility index (Phi) is 5.48. The first kappa shape index (κ1) is 22.7. The molecule has 0 fully saturated rings. The molecule has 0 saturated carbocycles. The number of para-hydroxylation sites is 1. The Hall–Kier alpha value is -3.78. The summed E-state index contributed by atoms with van der Waals surface area (Å²) in [6.45, 7) is 4.35. The van der Waals surface area contributed by atoms with Gasteiger partial charge in [0.15, 0.2) is 0 Å². The zero-order valence-corrected chi connectivity index (χ0v) is 20.9. The number of benzene rings is 1. The minimum atomic E-state index is -1.37. The molecule has 5 aromatic rings. The number of aromatic nitrogens is 5. The highest BCUT2D eigenvalue weighted by atomic mass is 31.0. The summed E-state index contributed by atoms with van der Waals surface area (Å²) >= 11 is 0. The monoisotopic (exact) mass is 506 g/mol. The highest BCUT2D eigenvalue weighted by Gasteiger charge is 2.40. The lowest BCUT2D eigenvalue weighted by Crippen LogP contribution is -2.41. The Morgan fingerprint density at radius 2 is 2.17 bits per heavy atom. The number of alkyl halides is 1. The van der Waals surface area contributed by atoms with Gasteiger partial charge in [0.1, 0.15) is 17.4 Å². The number of aromatic amines is 1. The Balaban J connectivity index is 1.43. The first-order valence-electron chi connectivity index (χ1n) is 11.7. The Morgan fingerprint density at radius 1 is 1.33 bits per heavy atom. The van der Waals surface area contributed by atoms with Gasteiger partial charge >= 0.3 is 0 Å². The number of nitrogens with zero attached hydrogens (tertiary/aromatic N) is 5. The molecule has 0 saturated heterocycles. The van der Waals surface area contributed by atoms with Gasteiger partial charge in [-0.1, -0.05) is 34.4 Å². The summed E-state index contributed by atoms with van der Waals surface area (Å²) in [5.41, 5.74) is 4.47. The zero-order valence-electron chi connectivity index (χ0n) is 19.7. The minimum Gasteiger partial charge on any atom is -0.458 e. The van der Waals surface area contributed by atoms with Crippen LogP contribution in [-0.4, -0.2) is 42.1 Å². The lowest BCUT2D eigenvalue weighted by atomic mass is 9.97. The van der Waals surface area contributed by atoms with Gasteiger partial charge in [0.05, 0.1) is 29.5 Å². The van der Waals surface area contributed by atoms with E-state index in [9.17, 15) is 9.18 Å². The van der Waals surface area contributed by atoms with Crippen molar-refractivity contribution in [2.24, 2.45) is 0 Å². The molecule has 0 aliphatic carbocycles. The largest absolute Gasteiger partial charge is 0.458 e. The summed E-state index contributed by atoms with van der Waals surface area (Å²) in [6.07, 6.45) is 5.72. The molecule has 3 atom stereocenters. The topological polar surface area (TPSA) is 106 Å². The molecule has 0 spiro atoms. The van der Waals surface area contributed by atoms with E-state index in [1.807, 2.05) is 47.4 Å². The molecule has 184 valence electrons. The Labute approximate surface area is 207 Å². The smallest absolute Gasteiger partial charge is 0.292 e. The van der Waals surface area contributed by atoms with Gasteiger partial charge in [-0.25, -0.2) is 19.0 Å². The number of hydrogen-bond donors (Lipinski definition) is 1. The van der Waals surface area contributed by atoms with E-state index in [-0.39, 0.29) is 17.6 Å². The van der Waals surface area contributed by atoms with Crippen LogP contribution >= 0.6 is 9.24 Å². The first-order valence-corrected chi connectivity index (χ1v) is 12.4. The van der Waals surface area contributed by atoms with E-state index in [4.69, 9.17) is 8.83 Å². The fourth-order valence-corrected chi connectivity index (χ4v) is 4.97. The number of aryl methyl sites for hydroxylation is 2. The predicted octanol–water partition coefficient (Wildman–Crippen LogP) is 4.97. The highest BCUT2D eigenvalue weighted by Crippen LogP contribution is 2.40. The molecule has 1 amide bonds. The van der Waals surface area contributed by atoms with Gasteiger partial charge in [-0.2, -0.15) is 5.10 Å². The third kappa shape index (κ3) is 3.55. The van der Waals surface area contributed by atoms with E-state index in [2.05, 4.69) is 20.1 Å². The molecule has 1 aliphatic heterocycles. The van der Waals surface area contributed by atoms with Gasteiger partial charge in [0.25, 0.3) is 5.91 Å². The van der Waals surface area contributed by atoms with Crippen molar-refractivity contribution < 1.29 is 18.0 Å². The van der Waals surface area contributed by atoms with Crippen LogP contribution in [0.2, 0.25) is 0 Å². The SMILES string of the molecule is CCc1nc(-c2cnn(C(F)P)c2)oc1C(=O)N1CCc2[nH]cnc2C1c1oc2ccccc2c1C. The van der Waals surface area contributed by atoms with E-state index in [0.717, 1.165) is 32.6 Å². The van der Waals surface area contributed by atoms with Crippen molar-refractivity contribution in [3.05, 3.63) is 77.2 Å². The standard InChI is InChI=1S/C25H24FN6O3P/c1-3-16-22(35-23(30-16)14-10-29-32(11-14)25(26)36)24(33)31-9-8-17-19(28-12-27-17)20(31)21-13(2)15-6-4-5-7-18(15)34-21/h4-7,10-12,20,25H,3,8-9,36H2,1-2H3,(H,27,28). The van der Waals surface area contributed by atoms with Crippen molar-refractivity contribution in [1.82, 2.24) is 29.6 Å². The summed E-state index contributed by atoms with van der Waals surface area (Å²) in [4.78, 5) is 28.0. The molecule has 4 aromatic heterocycles. The summed E-state index contributed by atoms with van der Waals surface area (Å²) in [5.74, 6) is 0.749. The molecular formula is C25H24FN6O3P. The second-order valence-electron chi connectivity index (χ2n) is 8.73. The van der Waals surface area contributed by atoms with Crippen molar-refractivity contribution in [2.75, 3.05) is 6.54 Å². The van der Waals surface area contributed by atoms with E-state index in [1.54, 1.807) is 11.2 Å². The molecule has 5 heterocycles. The Morgan fingerprint density at radius 3 is 2.92 bits per heavy atom. The van der Waals surface area contributed by atoms with Crippen LogP contribution < -0.4 is 0 Å². The normalized spacial score (nSPS) is 16.4. The fraction of sp³-hybridized carbons (Fsp3) is 0.280. The molecular weight excluding hydrogens is 482 g/mol. The van der Waals surface area contributed by atoms with Crippen LogP contribution in [0.25, 0.3) is 22.4 Å². The lowest BCUT2D eigenvalue weighted by Gasteiger charge is -2.33. The number of nitrogens with one attached hydrogen (secondary N) is 1. The van der Waals surface area contributed by atoms with E-state index in [1.165, 1.54) is 12.4 Å². The lowest BCUT2D eigenvalue weighted by molar-refractivity contribution is 0.0639. The van der Waals surface area contributed by atoms with Gasteiger partial charge in [-0.3, -0.25) is 4.79 Å². The zero-order chi connectivity index (χ0) is 25.0. The van der Waals surface area contributed by atoms with Crippen LogP contribution in [-0.2, 0) is 12.8 Å². The summed E-state index contributed by atoms with van der Waals surface area (Å²) in [7, 11) is 2.03. The third-order valence-electron chi connectivity index (χ3n) is 6.64. The van der Waals surface area contributed by atoms with Crippen LogP contribution in [0.4, 0.5) is 4.39 Å². The van der Waals surface area contributed by atoms with Crippen LogP contribution in [0.1, 0.15) is 58.0 Å². The fourth-order valence-electron chi connectivity index (χ4n) is 4.81. The molecule has 0 radical (unpaired) electrons. The number of furan rings is 1. The highest BCUT2D eigenvalue weighted by molar-refractivity contribution is 7.16. The van der Waals surface area contributed by atoms with Crippen LogP contribution in [0.3, 0.4) is 0 Å². The number of H-pyrrole nitrogens is 1. The molecule has 1 aliphatic rings. The minimum absolute atomic E-state index is 0.153. The molecule has 0 bridgehead atoms. The number of carbonyl (C=O) groups excluding carboxylic acids is 1. The predicted molar refractivity (Wildman–Crippen MR) is 133 cm³/mol. The van der Waals surface area contributed by atoms with Gasteiger partial charge < -0.3 is 18.7 Å². The maximum absolute atomic E-state index is 14.0. The van der Waals surface area contributed by atoms with E-state index < -0.39 is 12.1 Å². The maximum atomic E-state index is 14.0. The second-order valence-corrected chi connectivity index (χ2v) is 9.29. The number of hydrogen-bond acceptors (Lipinski definition) is 6. The molecule has 6 rings (SSSR count). The van der Waals surface area contributed by atoms with Crippen LogP contribution in [0.5, 0.6) is 0 Å². The Bertz CT molecular complexity index is 1580. The van der Waals surface area contributed by atoms with Crippen molar-refractivity contribution in [3.8, 4) is 11.5 Å². The van der Waals surface area contributed by atoms with Crippen molar-refractivity contribution in [3.63, 3.8) is 0 Å². The number of rotatable bonds is 5. The average Bonchev–Trinajstić information content (AvgIpc) is 3.68. The molecule has 1 aromatic carbocycles. The number of fused-ring (bicyclic) bond motifs is 2. The number of imidazole rings is 1. The number of halogens is 1. The van der Waals surface area contributed by atoms with Crippen molar-refractivity contribution >= 4 is 26.1 Å². The van der Waals surface area contributed by atoms with Crippen LogP contribution in [0, 0.1) is 6.92 Å². The molecule has 1 N–H and O–H groups in total. The molecule has 9 nitrogen and oxygen atoms in total. The first-order chi connectivity index (χ1) is 17.5. The van der Waals surface area contributed by atoms with Gasteiger partial charge in [0, 0.05) is 35.8 Å². The molecule has 36 heavy (non-hydrogen) atoms. The van der Waals surface area contributed by atoms with Gasteiger partial charge in [-0.15, -0.1) is 0 Å². The quantitative estimate of drug-likeness (QED) is 0.338. The van der Waals surface area contributed by atoms with Gasteiger partial charge in [-0.05, 0) is 19.4 Å². The van der Waals surface area contributed by atoms with Crippen molar-refractivity contribution in [1.29, 1.82) is 0 Å².